The molecule has 1 aromatic heterocycles. The maximum Gasteiger partial charge on any atom is 0.231 e. The third kappa shape index (κ3) is 2.91. The predicted molar refractivity (Wildman–Crippen MR) is 87.3 cm³/mol. The zero-order valence-electron chi connectivity index (χ0n) is 13.8. The number of carbonyl (C=O) groups excluding carboxylic acids is 1. The van der Waals surface area contributed by atoms with Gasteiger partial charge in [0.15, 0.2) is 6.23 Å². The summed E-state index contributed by atoms with van der Waals surface area (Å²) in [6.45, 7) is 2.58. The van der Waals surface area contributed by atoms with Gasteiger partial charge in [0.2, 0.25) is 5.91 Å². The van der Waals surface area contributed by atoms with Crippen LogP contribution in [-0.4, -0.2) is 46.4 Å². The molecule has 2 heterocycles. The lowest BCUT2D eigenvalue weighted by molar-refractivity contribution is -0.129. The summed E-state index contributed by atoms with van der Waals surface area (Å²) in [6.07, 6.45) is 2.90. The second-order valence-electron chi connectivity index (χ2n) is 6.31. The van der Waals surface area contributed by atoms with Crippen LogP contribution in [0.5, 0.6) is 5.75 Å². The molecule has 6 nitrogen and oxygen atoms in total. The number of aromatic nitrogens is 2. The van der Waals surface area contributed by atoms with Crippen molar-refractivity contribution in [2.45, 2.75) is 38.3 Å². The minimum Gasteiger partial charge on any atom is -0.508 e. The number of ether oxygens (including phenoxy) is 1. The monoisotopic (exact) mass is 317 g/mol. The lowest BCUT2D eigenvalue weighted by Crippen LogP contribution is -2.27. The molecular formula is C17H23N3O3. The molecule has 1 aliphatic heterocycles. The van der Waals surface area contributed by atoms with Crippen molar-refractivity contribution in [3.63, 3.8) is 0 Å². The van der Waals surface area contributed by atoms with E-state index in [9.17, 15) is 9.90 Å². The molecule has 23 heavy (non-hydrogen) atoms. The molecule has 2 atom stereocenters. The molecule has 2 aromatic rings. The van der Waals surface area contributed by atoms with Crippen LogP contribution in [0.1, 0.15) is 44.0 Å². The van der Waals surface area contributed by atoms with Gasteiger partial charge in [-0.25, -0.2) is 4.68 Å². The third-order valence-electron chi connectivity index (χ3n) is 4.37. The van der Waals surface area contributed by atoms with E-state index in [1.807, 2.05) is 17.7 Å². The van der Waals surface area contributed by atoms with Crippen molar-refractivity contribution in [2.75, 3.05) is 20.7 Å². The lowest BCUT2D eigenvalue weighted by atomic mass is 10.0. The summed E-state index contributed by atoms with van der Waals surface area (Å²) >= 11 is 0. The Labute approximate surface area is 135 Å². The average Bonchev–Trinajstić information content (AvgIpc) is 2.92. The summed E-state index contributed by atoms with van der Waals surface area (Å²) in [7, 11) is 3.49. The Kier molecular flexibility index (Phi) is 4.26. The molecule has 0 aliphatic carbocycles. The fourth-order valence-electron chi connectivity index (χ4n) is 3.11. The number of carbonyl (C=O) groups is 1. The van der Waals surface area contributed by atoms with Gasteiger partial charge >= 0.3 is 0 Å². The third-order valence-corrected chi connectivity index (χ3v) is 4.37. The number of benzene rings is 1. The minimum absolute atomic E-state index is 0.00851. The van der Waals surface area contributed by atoms with E-state index in [1.165, 1.54) is 0 Å². The summed E-state index contributed by atoms with van der Waals surface area (Å²) < 4.78 is 7.66. The summed E-state index contributed by atoms with van der Waals surface area (Å²) in [5.41, 5.74) is 1.54. The SMILES string of the molecule is CC(C(=O)N(C)C)c1nn(C2CCCCO2)c2cc(O)ccc12. The van der Waals surface area contributed by atoms with Crippen molar-refractivity contribution in [1.29, 1.82) is 0 Å². The molecule has 124 valence electrons. The number of phenolic OH excluding ortho intramolecular Hbond substituents is 1. The van der Waals surface area contributed by atoms with Crippen molar-refractivity contribution in [3.05, 3.63) is 23.9 Å². The second kappa shape index (κ2) is 6.20. The Balaban J connectivity index is 2.10. The topological polar surface area (TPSA) is 67.6 Å². The van der Waals surface area contributed by atoms with E-state index >= 15 is 0 Å². The summed E-state index contributed by atoms with van der Waals surface area (Å²) in [4.78, 5) is 13.9. The van der Waals surface area contributed by atoms with Crippen molar-refractivity contribution < 1.29 is 14.6 Å². The summed E-state index contributed by atoms with van der Waals surface area (Å²) in [6, 6.07) is 5.15. The Bertz CT molecular complexity index is 717. The van der Waals surface area contributed by atoms with E-state index in [0.717, 1.165) is 35.9 Å². The molecule has 3 rings (SSSR count). The van der Waals surface area contributed by atoms with Gasteiger partial charge in [-0.15, -0.1) is 0 Å². The largest absolute Gasteiger partial charge is 0.508 e. The molecule has 1 fully saturated rings. The van der Waals surface area contributed by atoms with Gasteiger partial charge in [0.25, 0.3) is 0 Å². The predicted octanol–water partition coefficient (Wildman–Crippen LogP) is 2.63. The summed E-state index contributed by atoms with van der Waals surface area (Å²) in [5.74, 6) is -0.149. The molecule has 6 heteroatoms. The van der Waals surface area contributed by atoms with E-state index in [2.05, 4.69) is 0 Å². The van der Waals surface area contributed by atoms with E-state index in [1.54, 1.807) is 31.1 Å². The first-order valence-corrected chi connectivity index (χ1v) is 8.03. The van der Waals surface area contributed by atoms with Crippen LogP contribution in [0, 0.1) is 0 Å². The maximum atomic E-state index is 12.3. The molecule has 0 spiro atoms. The maximum absolute atomic E-state index is 12.3. The molecule has 1 N–H and O–H groups in total. The number of hydrogen-bond donors (Lipinski definition) is 1. The summed E-state index contributed by atoms with van der Waals surface area (Å²) in [5, 5.41) is 15.4. The van der Waals surface area contributed by atoms with Crippen molar-refractivity contribution in [3.8, 4) is 5.75 Å². The molecule has 0 saturated carbocycles. The lowest BCUT2D eigenvalue weighted by Gasteiger charge is -2.23. The number of amides is 1. The number of likely N-dealkylation sites (N-methyl/N-ethyl adjacent to an activating group) is 1. The smallest absolute Gasteiger partial charge is 0.231 e. The molecule has 2 unspecified atom stereocenters. The van der Waals surface area contributed by atoms with Gasteiger partial charge in [-0.1, -0.05) is 0 Å². The second-order valence-corrected chi connectivity index (χ2v) is 6.31. The first kappa shape index (κ1) is 15.8. The van der Waals surface area contributed by atoms with Gasteiger partial charge in [0.05, 0.1) is 17.1 Å². The Hall–Kier alpha value is -2.08. The van der Waals surface area contributed by atoms with E-state index < -0.39 is 0 Å². The van der Waals surface area contributed by atoms with Crippen molar-refractivity contribution in [2.24, 2.45) is 0 Å². The van der Waals surface area contributed by atoms with E-state index in [4.69, 9.17) is 9.84 Å². The zero-order valence-corrected chi connectivity index (χ0v) is 13.8. The molecule has 1 saturated heterocycles. The van der Waals surface area contributed by atoms with Gasteiger partial charge in [0.1, 0.15) is 5.75 Å². The van der Waals surface area contributed by atoms with Crippen LogP contribution in [0.15, 0.2) is 18.2 Å². The highest BCUT2D eigenvalue weighted by molar-refractivity contribution is 5.91. The average molecular weight is 317 g/mol. The fourth-order valence-corrected chi connectivity index (χ4v) is 3.11. The number of hydrogen-bond acceptors (Lipinski definition) is 4. The van der Waals surface area contributed by atoms with Crippen LogP contribution < -0.4 is 0 Å². The van der Waals surface area contributed by atoms with Gasteiger partial charge in [-0.05, 0) is 38.3 Å². The Morgan fingerprint density at radius 1 is 1.43 bits per heavy atom. The minimum atomic E-state index is -0.345. The highest BCUT2D eigenvalue weighted by Crippen LogP contribution is 2.33. The van der Waals surface area contributed by atoms with Gasteiger partial charge < -0.3 is 14.7 Å². The Morgan fingerprint density at radius 3 is 2.87 bits per heavy atom. The molecule has 1 aliphatic rings. The van der Waals surface area contributed by atoms with Gasteiger partial charge in [0, 0.05) is 32.2 Å². The highest BCUT2D eigenvalue weighted by Gasteiger charge is 2.27. The van der Waals surface area contributed by atoms with Crippen LogP contribution in [-0.2, 0) is 9.53 Å². The number of fused-ring (bicyclic) bond motifs is 1. The van der Waals surface area contributed by atoms with Crippen LogP contribution in [0.4, 0.5) is 0 Å². The van der Waals surface area contributed by atoms with Crippen molar-refractivity contribution in [1.82, 2.24) is 14.7 Å². The van der Waals surface area contributed by atoms with Gasteiger partial charge in [-0.2, -0.15) is 5.10 Å². The normalized spacial score (nSPS) is 19.7. The first-order valence-electron chi connectivity index (χ1n) is 8.03. The van der Waals surface area contributed by atoms with Gasteiger partial charge in [-0.3, -0.25) is 4.79 Å². The molecule has 1 amide bonds. The number of phenols is 1. The number of aromatic hydroxyl groups is 1. The fraction of sp³-hybridized carbons (Fsp3) is 0.529. The van der Waals surface area contributed by atoms with Crippen LogP contribution in [0.25, 0.3) is 10.9 Å². The number of rotatable bonds is 3. The molecule has 0 bridgehead atoms. The zero-order chi connectivity index (χ0) is 16.6. The standard InChI is InChI=1S/C17H23N3O3/c1-11(17(22)19(2)3)16-13-8-7-12(21)10-14(13)20(18-16)15-6-4-5-9-23-15/h7-8,10-11,15,21H,4-6,9H2,1-3H3. The molecule has 0 radical (unpaired) electrons. The Morgan fingerprint density at radius 2 is 2.22 bits per heavy atom. The van der Waals surface area contributed by atoms with Crippen molar-refractivity contribution >= 4 is 16.8 Å². The van der Waals surface area contributed by atoms with E-state index in [-0.39, 0.29) is 23.8 Å². The highest BCUT2D eigenvalue weighted by atomic mass is 16.5. The number of nitrogens with zero attached hydrogens (tertiary/aromatic N) is 3. The van der Waals surface area contributed by atoms with Crippen LogP contribution in [0.2, 0.25) is 0 Å². The van der Waals surface area contributed by atoms with Crippen LogP contribution in [0.3, 0.4) is 0 Å². The molecule has 1 aromatic carbocycles. The molecular weight excluding hydrogens is 294 g/mol. The van der Waals surface area contributed by atoms with E-state index in [0.29, 0.717) is 6.61 Å². The quantitative estimate of drug-likeness (QED) is 0.945. The first-order chi connectivity index (χ1) is 11.0. The van der Waals surface area contributed by atoms with Crippen LogP contribution >= 0.6 is 0 Å².